The Kier molecular flexibility index (Phi) is 4.96. The Bertz CT molecular complexity index is 1270. The molecule has 2 atom stereocenters. The molecule has 6 rings (SSSR count). The Labute approximate surface area is 185 Å². The van der Waals surface area contributed by atoms with Crippen LogP contribution in [0.1, 0.15) is 36.8 Å². The van der Waals surface area contributed by atoms with Crippen molar-refractivity contribution in [3.05, 3.63) is 35.8 Å². The molecule has 8 nitrogen and oxygen atoms in total. The molecule has 33 heavy (non-hydrogen) atoms. The van der Waals surface area contributed by atoms with Gasteiger partial charge >= 0.3 is 12.1 Å². The molecule has 0 amide bonds. The van der Waals surface area contributed by atoms with Gasteiger partial charge in [-0.25, -0.2) is 15.0 Å². The highest BCUT2D eigenvalue weighted by atomic mass is 19.4. The molecule has 3 heterocycles. The first kappa shape index (κ1) is 21.2. The fraction of sp³-hybridized carbons (Fsp3) is 0.409. The molecule has 0 radical (unpaired) electrons. The highest BCUT2D eigenvalue weighted by Crippen LogP contribution is 2.46. The van der Waals surface area contributed by atoms with E-state index in [1.54, 1.807) is 0 Å². The van der Waals surface area contributed by atoms with Crippen LogP contribution in [-0.2, 0) is 11.0 Å². The van der Waals surface area contributed by atoms with E-state index in [4.69, 9.17) is 0 Å². The van der Waals surface area contributed by atoms with Crippen LogP contribution >= 0.6 is 0 Å². The van der Waals surface area contributed by atoms with Crippen molar-refractivity contribution in [2.24, 2.45) is 17.8 Å². The Morgan fingerprint density at radius 3 is 2.58 bits per heavy atom. The molecule has 3 aliphatic rings. The lowest BCUT2D eigenvalue weighted by molar-refractivity contribution is -0.148. The second kappa shape index (κ2) is 7.72. The van der Waals surface area contributed by atoms with Gasteiger partial charge in [0.25, 0.3) is 0 Å². The van der Waals surface area contributed by atoms with Crippen molar-refractivity contribution in [1.82, 2.24) is 19.9 Å². The summed E-state index contributed by atoms with van der Waals surface area (Å²) < 4.78 is 39.6. The van der Waals surface area contributed by atoms with Gasteiger partial charge < -0.3 is 15.4 Å². The number of pyridine rings is 1. The van der Waals surface area contributed by atoms with Crippen molar-refractivity contribution in [2.75, 3.05) is 5.32 Å². The van der Waals surface area contributed by atoms with Crippen molar-refractivity contribution < 1.29 is 23.1 Å². The minimum absolute atomic E-state index is 0.0822. The molecule has 170 valence electrons. The van der Waals surface area contributed by atoms with Crippen LogP contribution in [0, 0.1) is 29.1 Å². The largest absolute Gasteiger partial charge is 0.481 e. The van der Waals surface area contributed by atoms with E-state index in [0.29, 0.717) is 0 Å². The summed E-state index contributed by atoms with van der Waals surface area (Å²) in [6.45, 7) is 0. The summed E-state index contributed by atoms with van der Waals surface area (Å²) in [4.78, 5) is 27.2. The number of fused-ring (bicyclic) bond motifs is 4. The number of carboxylic acid groups (broad SMARTS) is 1. The normalized spacial score (nSPS) is 24.5. The summed E-state index contributed by atoms with van der Waals surface area (Å²) in [6, 6.07) is 2.59. The van der Waals surface area contributed by atoms with Gasteiger partial charge in [0, 0.05) is 29.4 Å². The number of aromatic nitrogens is 4. The van der Waals surface area contributed by atoms with Crippen molar-refractivity contribution in [2.45, 2.75) is 37.9 Å². The van der Waals surface area contributed by atoms with Crippen LogP contribution in [0.5, 0.6) is 0 Å². The first-order valence-electron chi connectivity index (χ1n) is 10.6. The van der Waals surface area contributed by atoms with E-state index in [-0.39, 0.29) is 51.7 Å². The highest BCUT2D eigenvalue weighted by molar-refractivity contribution is 5.94. The standard InChI is InChI=1S/C22H19F3N6O2/c23-22(24,25)13-5-14-15(9-28-19(14)27-8-13)17-12(6-26)7-29-21(30-17)31-18-11-3-1-10(2-4-11)16(18)20(32)33/h5,7-11,16,18H,1-4H2,(H,27,28)(H,32,33)(H,29,30,31)/t10?,11?,16-,18-/m1/s1. The number of anilines is 1. The van der Waals surface area contributed by atoms with E-state index in [1.807, 2.05) is 6.07 Å². The number of nitrogens with zero attached hydrogens (tertiary/aromatic N) is 4. The van der Waals surface area contributed by atoms with Gasteiger partial charge in [-0.05, 0) is 43.6 Å². The van der Waals surface area contributed by atoms with Crippen LogP contribution < -0.4 is 5.32 Å². The third-order valence-electron chi connectivity index (χ3n) is 6.82. The van der Waals surface area contributed by atoms with Gasteiger partial charge in [0.2, 0.25) is 5.95 Å². The van der Waals surface area contributed by atoms with E-state index in [1.165, 1.54) is 12.4 Å². The predicted octanol–water partition coefficient (Wildman–Crippen LogP) is 4.21. The molecule has 0 aromatic carbocycles. The van der Waals surface area contributed by atoms with Gasteiger partial charge in [0.1, 0.15) is 11.7 Å². The number of nitrogens with one attached hydrogen (secondary N) is 2. The summed E-state index contributed by atoms with van der Waals surface area (Å²) in [5.41, 5.74) is -0.172. The van der Waals surface area contributed by atoms with Gasteiger partial charge in [-0.15, -0.1) is 0 Å². The number of rotatable bonds is 4. The van der Waals surface area contributed by atoms with Crippen LogP contribution in [0.4, 0.5) is 19.1 Å². The monoisotopic (exact) mass is 456 g/mol. The summed E-state index contributed by atoms with van der Waals surface area (Å²) in [6.07, 6.45) is 2.51. The van der Waals surface area contributed by atoms with Crippen molar-refractivity contribution >= 4 is 23.0 Å². The first-order valence-corrected chi connectivity index (χ1v) is 10.6. The molecule has 0 aliphatic heterocycles. The summed E-state index contributed by atoms with van der Waals surface area (Å²) in [7, 11) is 0. The average Bonchev–Trinajstić information content (AvgIpc) is 3.22. The van der Waals surface area contributed by atoms with Crippen LogP contribution in [-0.4, -0.2) is 37.1 Å². The lowest BCUT2D eigenvalue weighted by atomic mass is 9.61. The SMILES string of the molecule is N#Cc1cnc(N[C@@H]2C3CCC(CC3)[C@H]2C(=O)O)nc1-c1c[nH]c2ncc(C(F)(F)F)cc12. The van der Waals surface area contributed by atoms with Crippen molar-refractivity contribution in [1.29, 1.82) is 5.26 Å². The fourth-order valence-corrected chi connectivity index (χ4v) is 5.25. The Morgan fingerprint density at radius 1 is 1.18 bits per heavy atom. The molecule has 3 N–H and O–H groups in total. The van der Waals surface area contributed by atoms with Gasteiger partial charge in [-0.3, -0.25) is 4.79 Å². The number of carbonyl (C=O) groups is 1. The number of nitriles is 1. The number of aromatic amines is 1. The van der Waals surface area contributed by atoms with E-state index in [2.05, 4.69) is 25.3 Å². The number of hydrogen-bond donors (Lipinski definition) is 3. The molecule has 0 unspecified atom stereocenters. The molecule has 3 aliphatic carbocycles. The minimum atomic E-state index is -4.57. The lowest BCUT2D eigenvalue weighted by Gasteiger charge is -2.46. The maximum atomic E-state index is 13.2. The molecule has 3 saturated carbocycles. The summed E-state index contributed by atoms with van der Waals surface area (Å²) >= 11 is 0. The molecule has 11 heteroatoms. The van der Waals surface area contributed by atoms with E-state index < -0.39 is 23.6 Å². The van der Waals surface area contributed by atoms with Crippen molar-refractivity contribution in [3.63, 3.8) is 0 Å². The maximum Gasteiger partial charge on any atom is 0.417 e. The van der Waals surface area contributed by atoms with E-state index >= 15 is 0 Å². The van der Waals surface area contributed by atoms with E-state index in [0.717, 1.165) is 37.9 Å². The Balaban J connectivity index is 1.55. The second-order valence-corrected chi connectivity index (χ2v) is 8.60. The van der Waals surface area contributed by atoms with E-state index in [9.17, 15) is 28.3 Å². The quantitative estimate of drug-likeness (QED) is 0.537. The number of H-pyrrole nitrogens is 1. The minimum Gasteiger partial charge on any atom is -0.481 e. The predicted molar refractivity (Wildman–Crippen MR) is 111 cm³/mol. The molecule has 3 fully saturated rings. The zero-order valence-electron chi connectivity index (χ0n) is 17.2. The number of halogens is 3. The molecular formula is C22H19F3N6O2. The molecule has 0 spiro atoms. The zero-order valence-corrected chi connectivity index (χ0v) is 17.2. The number of alkyl halides is 3. The average molecular weight is 456 g/mol. The molecule has 0 saturated heterocycles. The fourth-order valence-electron chi connectivity index (χ4n) is 5.25. The van der Waals surface area contributed by atoms with Gasteiger partial charge in [-0.1, -0.05) is 0 Å². The molecule has 2 bridgehead atoms. The van der Waals surface area contributed by atoms with Crippen LogP contribution in [0.3, 0.4) is 0 Å². The lowest BCUT2D eigenvalue weighted by Crippen LogP contribution is -2.51. The number of aliphatic carboxylic acids is 1. The van der Waals surface area contributed by atoms with Crippen LogP contribution in [0.25, 0.3) is 22.3 Å². The van der Waals surface area contributed by atoms with Gasteiger partial charge in [0.05, 0.1) is 28.9 Å². The van der Waals surface area contributed by atoms with Crippen LogP contribution in [0.15, 0.2) is 24.7 Å². The molecular weight excluding hydrogens is 437 g/mol. The number of carboxylic acids is 1. The first-order chi connectivity index (χ1) is 15.8. The van der Waals surface area contributed by atoms with Gasteiger partial charge in [-0.2, -0.15) is 18.4 Å². The Morgan fingerprint density at radius 2 is 1.91 bits per heavy atom. The third kappa shape index (κ3) is 3.65. The highest BCUT2D eigenvalue weighted by Gasteiger charge is 2.47. The number of hydrogen-bond acceptors (Lipinski definition) is 6. The second-order valence-electron chi connectivity index (χ2n) is 8.60. The van der Waals surface area contributed by atoms with Crippen LogP contribution in [0.2, 0.25) is 0 Å². The molecule has 3 aromatic rings. The smallest absolute Gasteiger partial charge is 0.417 e. The maximum absolute atomic E-state index is 13.2. The summed E-state index contributed by atoms with van der Waals surface area (Å²) in [5, 5.41) is 22.7. The zero-order chi connectivity index (χ0) is 23.3. The third-order valence-corrected chi connectivity index (χ3v) is 6.82. The topological polar surface area (TPSA) is 128 Å². The Hall–Kier alpha value is -3.68. The van der Waals surface area contributed by atoms with Gasteiger partial charge in [0.15, 0.2) is 0 Å². The molecule has 3 aromatic heterocycles. The van der Waals surface area contributed by atoms with Crippen molar-refractivity contribution in [3.8, 4) is 17.3 Å². The summed E-state index contributed by atoms with van der Waals surface area (Å²) in [5.74, 6) is -1.03.